The molecule has 0 unspecified atom stereocenters. The zero-order valence-corrected chi connectivity index (χ0v) is 18.5. The molecule has 0 aliphatic carbocycles. The number of anilines is 1. The lowest BCUT2D eigenvalue weighted by atomic mass is 10.1. The number of halogens is 1. The number of nitro benzene ring substituents is 1. The fourth-order valence-electron chi connectivity index (χ4n) is 3.80. The van der Waals surface area contributed by atoms with Gasteiger partial charge in [0.1, 0.15) is 11.5 Å². The molecule has 1 fully saturated rings. The van der Waals surface area contributed by atoms with Gasteiger partial charge in [0.15, 0.2) is 0 Å². The monoisotopic (exact) mass is 450 g/mol. The van der Waals surface area contributed by atoms with Crippen LogP contribution in [0.5, 0.6) is 0 Å². The van der Waals surface area contributed by atoms with E-state index in [0.29, 0.717) is 57.1 Å². The summed E-state index contributed by atoms with van der Waals surface area (Å²) in [5.41, 5.74) is 0.790. The van der Waals surface area contributed by atoms with Gasteiger partial charge in [0, 0.05) is 57.4 Å². The molecule has 0 saturated carbocycles. The molecule has 10 heteroatoms. The normalized spacial score (nSPS) is 15.4. The summed E-state index contributed by atoms with van der Waals surface area (Å²) in [7, 11) is -3.79. The minimum Gasteiger partial charge on any atom is -0.363 e. The minimum absolute atomic E-state index is 0.0789. The smallest absolute Gasteiger partial charge is 0.293 e. The third kappa shape index (κ3) is 5.03. The lowest BCUT2D eigenvalue weighted by Crippen LogP contribution is -2.46. The van der Waals surface area contributed by atoms with Gasteiger partial charge >= 0.3 is 0 Å². The number of nitrogens with zero attached hydrogens (tertiary/aromatic N) is 4. The predicted molar refractivity (Wildman–Crippen MR) is 117 cm³/mol. The summed E-state index contributed by atoms with van der Waals surface area (Å²) >= 11 is 0. The second-order valence-electron chi connectivity index (χ2n) is 7.35. The van der Waals surface area contributed by atoms with Crippen molar-refractivity contribution >= 4 is 21.4 Å². The summed E-state index contributed by atoms with van der Waals surface area (Å²) < 4.78 is 40.7. The van der Waals surface area contributed by atoms with Crippen molar-refractivity contribution in [3.63, 3.8) is 0 Å². The fraction of sp³-hybridized carbons (Fsp3) is 0.429. The molecule has 0 aromatic heterocycles. The standard InChI is InChI=1S/C21H27FN4O4S/c1-3-25(4-2)31(29,30)18-9-10-20(21(15-18)26(27)28)24-13-11-23(12-14-24)16-17-7-5-6-8-19(17)22/h5-10,15H,3-4,11-14,16H2,1-2H3. The van der Waals surface area contributed by atoms with Crippen LogP contribution in [-0.4, -0.2) is 61.8 Å². The van der Waals surface area contributed by atoms with Gasteiger partial charge in [0.05, 0.1) is 9.82 Å². The molecule has 0 radical (unpaired) electrons. The molecule has 31 heavy (non-hydrogen) atoms. The van der Waals surface area contributed by atoms with Gasteiger partial charge in [-0.05, 0) is 18.2 Å². The van der Waals surface area contributed by atoms with Crippen molar-refractivity contribution < 1.29 is 17.7 Å². The molecule has 1 saturated heterocycles. The Morgan fingerprint density at radius 2 is 1.71 bits per heavy atom. The molecule has 0 amide bonds. The Morgan fingerprint density at radius 3 is 2.29 bits per heavy atom. The average molecular weight is 451 g/mol. The summed E-state index contributed by atoms with van der Waals surface area (Å²) in [5, 5.41) is 11.7. The molecule has 2 aromatic carbocycles. The number of benzene rings is 2. The molecule has 3 rings (SSSR count). The topological polar surface area (TPSA) is 87.0 Å². The Labute approximate surface area is 182 Å². The van der Waals surface area contributed by atoms with E-state index < -0.39 is 14.9 Å². The molecule has 1 aliphatic rings. The van der Waals surface area contributed by atoms with Crippen molar-refractivity contribution in [3.8, 4) is 0 Å². The Hall–Kier alpha value is -2.56. The largest absolute Gasteiger partial charge is 0.363 e. The molecule has 0 atom stereocenters. The summed E-state index contributed by atoms with van der Waals surface area (Å²) in [5.74, 6) is -0.245. The van der Waals surface area contributed by atoms with Crippen LogP contribution in [0, 0.1) is 15.9 Å². The second kappa shape index (κ2) is 9.71. The summed E-state index contributed by atoms with van der Waals surface area (Å²) in [4.78, 5) is 15.1. The first-order chi connectivity index (χ1) is 14.8. The highest BCUT2D eigenvalue weighted by atomic mass is 32.2. The Kier molecular flexibility index (Phi) is 7.24. The highest BCUT2D eigenvalue weighted by molar-refractivity contribution is 7.89. The van der Waals surface area contributed by atoms with Crippen LogP contribution in [-0.2, 0) is 16.6 Å². The molecule has 8 nitrogen and oxygen atoms in total. The Morgan fingerprint density at radius 1 is 1.06 bits per heavy atom. The van der Waals surface area contributed by atoms with Crippen LogP contribution in [0.25, 0.3) is 0 Å². The van der Waals surface area contributed by atoms with Gasteiger partial charge in [0.2, 0.25) is 10.0 Å². The van der Waals surface area contributed by atoms with E-state index in [4.69, 9.17) is 0 Å². The summed E-state index contributed by atoms with van der Waals surface area (Å²) in [6.45, 7) is 6.79. The average Bonchev–Trinajstić information content (AvgIpc) is 2.76. The zero-order valence-electron chi connectivity index (χ0n) is 17.7. The van der Waals surface area contributed by atoms with E-state index in [9.17, 15) is 22.9 Å². The fourth-order valence-corrected chi connectivity index (χ4v) is 5.28. The van der Waals surface area contributed by atoms with Gasteiger partial charge < -0.3 is 4.90 Å². The van der Waals surface area contributed by atoms with Gasteiger partial charge in [-0.25, -0.2) is 12.8 Å². The molecule has 0 N–H and O–H groups in total. The maximum atomic E-state index is 13.9. The van der Waals surface area contributed by atoms with Crippen molar-refractivity contribution in [1.82, 2.24) is 9.21 Å². The predicted octanol–water partition coefficient (Wildman–Crippen LogP) is 3.09. The number of hydrogen-bond acceptors (Lipinski definition) is 6. The molecule has 1 heterocycles. The lowest BCUT2D eigenvalue weighted by Gasteiger charge is -2.36. The van der Waals surface area contributed by atoms with Crippen LogP contribution in [0.3, 0.4) is 0 Å². The number of sulfonamides is 1. The molecular weight excluding hydrogens is 423 g/mol. The van der Waals surface area contributed by atoms with Crippen molar-refractivity contribution in [1.29, 1.82) is 0 Å². The maximum Gasteiger partial charge on any atom is 0.293 e. The number of hydrogen-bond donors (Lipinski definition) is 0. The van der Waals surface area contributed by atoms with Crippen LogP contribution < -0.4 is 4.90 Å². The first kappa shape index (κ1) is 23.1. The van der Waals surface area contributed by atoms with Crippen LogP contribution in [0.15, 0.2) is 47.4 Å². The molecule has 2 aromatic rings. The van der Waals surface area contributed by atoms with Gasteiger partial charge in [-0.15, -0.1) is 0 Å². The van der Waals surface area contributed by atoms with Crippen molar-refractivity contribution in [3.05, 3.63) is 64.0 Å². The highest BCUT2D eigenvalue weighted by Gasteiger charge is 2.29. The number of rotatable bonds is 8. The van der Waals surface area contributed by atoms with E-state index in [0.717, 1.165) is 6.07 Å². The molecule has 1 aliphatic heterocycles. The van der Waals surface area contributed by atoms with E-state index in [1.165, 1.54) is 22.5 Å². The third-order valence-electron chi connectivity index (χ3n) is 5.55. The van der Waals surface area contributed by atoms with Crippen LogP contribution >= 0.6 is 0 Å². The Bertz CT molecular complexity index is 1040. The highest BCUT2D eigenvalue weighted by Crippen LogP contribution is 2.32. The molecule has 0 spiro atoms. The van der Waals surface area contributed by atoms with Gasteiger partial charge in [-0.1, -0.05) is 32.0 Å². The lowest BCUT2D eigenvalue weighted by molar-refractivity contribution is -0.384. The second-order valence-corrected chi connectivity index (χ2v) is 9.29. The minimum atomic E-state index is -3.79. The number of piperazine rings is 1. The van der Waals surface area contributed by atoms with Crippen LogP contribution in [0.4, 0.5) is 15.8 Å². The van der Waals surface area contributed by atoms with Crippen molar-refractivity contribution in [2.75, 3.05) is 44.2 Å². The van der Waals surface area contributed by atoms with Gasteiger partial charge in [0.25, 0.3) is 5.69 Å². The Balaban J connectivity index is 1.77. The first-order valence-electron chi connectivity index (χ1n) is 10.3. The van der Waals surface area contributed by atoms with E-state index in [2.05, 4.69) is 4.90 Å². The van der Waals surface area contributed by atoms with Crippen molar-refractivity contribution in [2.24, 2.45) is 0 Å². The van der Waals surface area contributed by atoms with Gasteiger partial charge in [-0.2, -0.15) is 4.31 Å². The molecule has 0 bridgehead atoms. The molecular formula is C21H27FN4O4S. The zero-order chi connectivity index (χ0) is 22.6. The first-order valence-corrected chi connectivity index (χ1v) is 11.7. The number of nitro groups is 1. The van der Waals surface area contributed by atoms with Crippen LogP contribution in [0.1, 0.15) is 19.4 Å². The van der Waals surface area contributed by atoms with E-state index in [1.807, 2.05) is 4.90 Å². The van der Waals surface area contributed by atoms with Crippen molar-refractivity contribution in [2.45, 2.75) is 25.3 Å². The summed E-state index contributed by atoms with van der Waals surface area (Å²) in [6.07, 6.45) is 0. The molecule has 168 valence electrons. The third-order valence-corrected chi connectivity index (χ3v) is 7.60. The maximum absolute atomic E-state index is 13.9. The summed E-state index contributed by atoms with van der Waals surface area (Å²) in [6, 6.07) is 10.7. The van der Waals surface area contributed by atoms with E-state index in [-0.39, 0.29) is 16.4 Å². The van der Waals surface area contributed by atoms with Gasteiger partial charge in [-0.3, -0.25) is 15.0 Å². The SMILES string of the molecule is CCN(CC)S(=O)(=O)c1ccc(N2CCN(Cc3ccccc3F)CC2)c([N+](=O)[O-])c1. The van der Waals surface area contributed by atoms with E-state index in [1.54, 1.807) is 32.0 Å². The van der Waals surface area contributed by atoms with Crippen LogP contribution in [0.2, 0.25) is 0 Å². The van der Waals surface area contributed by atoms with E-state index >= 15 is 0 Å². The quantitative estimate of drug-likeness (QED) is 0.454.